The molecule has 2 aromatic heterocycles. The predicted octanol–water partition coefficient (Wildman–Crippen LogP) is 3.02. The summed E-state index contributed by atoms with van der Waals surface area (Å²) in [5.74, 6) is -0.383. The van der Waals surface area contributed by atoms with Gasteiger partial charge in [0.05, 0.1) is 10.6 Å². The molecule has 3 N–H and O–H groups in total. The van der Waals surface area contributed by atoms with Gasteiger partial charge >= 0.3 is 0 Å². The number of anilines is 1. The first kappa shape index (κ1) is 25.1. The number of ketones is 2. The van der Waals surface area contributed by atoms with Crippen molar-refractivity contribution in [1.29, 1.82) is 0 Å². The van der Waals surface area contributed by atoms with Crippen LogP contribution in [0.15, 0.2) is 47.8 Å². The van der Waals surface area contributed by atoms with Crippen LogP contribution >= 0.6 is 0 Å². The molecular weight excluding hydrogens is 502 g/mol. The lowest BCUT2D eigenvalue weighted by atomic mass is 9.82. The van der Waals surface area contributed by atoms with Gasteiger partial charge in [0, 0.05) is 53.6 Å². The molecule has 0 radical (unpaired) electrons. The summed E-state index contributed by atoms with van der Waals surface area (Å²) in [5, 5.41) is 8.01. The fourth-order valence-corrected chi connectivity index (χ4v) is 6.89. The Hall–Kier alpha value is -3.21. The minimum absolute atomic E-state index is 0.162. The molecule has 6 rings (SSSR count). The van der Waals surface area contributed by atoms with E-state index in [1.165, 1.54) is 0 Å². The van der Waals surface area contributed by atoms with E-state index in [0.717, 1.165) is 41.5 Å². The summed E-state index contributed by atoms with van der Waals surface area (Å²) >= 11 is 0. The lowest BCUT2D eigenvalue weighted by Crippen LogP contribution is -2.67. The number of hydrogen-bond acceptors (Lipinski definition) is 8. The molecule has 198 valence electrons. The first-order valence-corrected chi connectivity index (χ1v) is 14.7. The van der Waals surface area contributed by atoms with Gasteiger partial charge in [-0.25, -0.2) is 13.1 Å². The molecule has 2 heterocycles. The van der Waals surface area contributed by atoms with Gasteiger partial charge in [0.25, 0.3) is 0 Å². The Labute approximate surface area is 221 Å². The summed E-state index contributed by atoms with van der Waals surface area (Å²) in [7, 11) is -3.79. The molecule has 9 nitrogen and oxygen atoms in total. The molecule has 2 fully saturated rings. The molecule has 0 amide bonds. The molecule has 0 bridgehead atoms. The average molecular weight is 534 g/mol. The van der Waals surface area contributed by atoms with E-state index in [1.807, 2.05) is 26.1 Å². The zero-order valence-electron chi connectivity index (χ0n) is 21.4. The number of carbonyl (C=O) groups is 2. The molecule has 2 saturated carbocycles. The number of rotatable bonds is 9. The summed E-state index contributed by atoms with van der Waals surface area (Å²) in [6.45, 7) is 4.26. The van der Waals surface area contributed by atoms with Crippen LogP contribution in [-0.2, 0) is 26.0 Å². The van der Waals surface area contributed by atoms with Gasteiger partial charge in [-0.3, -0.25) is 24.9 Å². The number of Topliss-reactive ketones (excluding diaryl/α,β-unsaturated/α-hetero) is 2. The van der Waals surface area contributed by atoms with Gasteiger partial charge in [-0.05, 0) is 67.0 Å². The van der Waals surface area contributed by atoms with Crippen molar-refractivity contribution in [2.24, 2.45) is 5.92 Å². The average Bonchev–Trinajstić information content (AvgIpc) is 3.69. The van der Waals surface area contributed by atoms with Crippen LogP contribution in [0, 0.1) is 5.92 Å². The van der Waals surface area contributed by atoms with Crippen LogP contribution in [-0.4, -0.2) is 48.6 Å². The van der Waals surface area contributed by atoms with Gasteiger partial charge < -0.3 is 5.32 Å². The highest BCUT2D eigenvalue weighted by molar-refractivity contribution is 7.89. The Morgan fingerprint density at radius 2 is 1.82 bits per heavy atom. The van der Waals surface area contributed by atoms with E-state index < -0.39 is 33.7 Å². The maximum atomic E-state index is 13.5. The normalized spacial score (nSPS) is 23.1. The standard InChI is InChI=1S/C28H31N5O4S/c1-15(2)12-31-38(36,37)24-11-19-18(21-14-30-23(10-20(21)24)16-5-6-16)7-8-22(19)33-26-25(27(34)28(26)35)32-17-4-3-9-29-13-17/h3-4,9-11,13-16,22,25-26,31-33H,5-8,12H2,1-2H3. The first-order chi connectivity index (χ1) is 18.2. The van der Waals surface area contributed by atoms with Crippen molar-refractivity contribution < 1.29 is 18.0 Å². The number of aryl methyl sites for hydroxylation is 1. The number of nitrogens with one attached hydrogen (secondary N) is 3. The molecule has 0 aliphatic heterocycles. The quantitative estimate of drug-likeness (QED) is 0.358. The summed E-state index contributed by atoms with van der Waals surface area (Å²) < 4.78 is 29.8. The minimum atomic E-state index is -3.79. The number of carbonyl (C=O) groups excluding carboxylic acids is 2. The molecule has 3 unspecified atom stereocenters. The Kier molecular flexibility index (Phi) is 6.28. The second-order valence-corrected chi connectivity index (χ2v) is 12.7. The lowest BCUT2D eigenvalue weighted by molar-refractivity contribution is -0.145. The van der Waals surface area contributed by atoms with E-state index in [9.17, 15) is 18.0 Å². The Bertz CT molecular complexity index is 1540. The number of nitrogens with zero attached hydrogens (tertiary/aromatic N) is 2. The number of fused-ring (bicyclic) bond motifs is 3. The van der Waals surface area contributed by atoms with E-state index >= 15 is 0 Å². The van der Waals surface area contributed by atoms with Gasteiger partial charge in [0.2, 0.25) is 21.6 Å². The number of aromatic nitrogens is 2. The molecular formula is C28H31N5O4S. The van der Waals surface area contributed by atoms with Crippen LogP contribution in [0.2, 0.25) is 0 Å². The van der Waals surface area contributed by atoms with Crippen LogP contribution in [0.5, 0.6) is 0 Å². The Morgan fingerprint density at radius 3 is 2.53 bits per heavy atom. The van der Waals surface area contributed by atoms with Gasteiger partial charge in [-0.2, -0.15) is 0 Å². The van der Waals surface area contributed by atoms with Crippen LogP contribution in [0.25, 0.3) is 10.8 Å². The zero-order chi connectivity index (χ0) is 26.6. The molecule has 38 heavy (non-hydrogen) atoms. The number of benzene rings is 1. The summed E-state index contributed by atoms with van der Waals surface area (Å²) in [6.07, 6.45) is 8.62. The third-order valence-corrected chi connectivity index (χ3v) is 9.14. The molecule has 3 atom stereocenters. The number of pyridine rings is 2. The van der Waals surface area contributed by atoms with E-state index in [2.05, 4.69) is 25.3 Å². The third kappa shape index (κ3) is 4.50. The molecule has 3 aliphatic carbocycles. The first-order valence-electron chi connectivity index (χ1n) is 13.2. The van der Waals surface area contributed by atoms with Crippen LogP contribution < -0.4 is 15.4 Å². The maximum absolute atomic E-state index is 13.5. The SMILES string of the molecule is CC(C)CNS(=O)(=O)c1cc2c(c3cnc(C4CC4)cc13)CCC2NC1C(=O)C(=O)C1Nc1cccnc1. The maximum Gasteiger partial charge on any atom is 0.241 e. The second kappa shape index (κ2) is 9.52. The van der Waals surface area contributed by atoms with Crippen LogP contribution in [0.3, 0.4) is 0 Å². The zero-order valence-corrected chi connectivity index (χ0v) is 22.2. The molecule has 0 spiro atoms. The van der Waals surface area contributed by atoms with Gasteiger partial charge in [0.15, 0.2) is 0 Å². The fraction of sp³-hybridized carbons (Fsp3) is 0.429. The summed E-state index contributed by atoms with van der Waals surface area (Å²) in [6, 6.07) is 5.58. The van der Waals surface area contributed by atoms with Crippen molar-refractivity contribution in [3.8, 4) is 0 Å². The van der Waals surface area contributed by atoms with E-state index in [4.69, 9.17) is 0 Å². The fourth-order valence-electron chi connectivity index (χ4n) is 5.44. The van der Waals surface area contributed by atoms with Crippen molar-refractivity contribution in [3.63, 3.8) is 0 Å². The van der Waals surface area contributed by atoms with E-state index in [1.54, 1.807) is 30.6 Å². The van der Waals surface area contributed by atoms with Gasteiger partial charge in [-0.15, -0.1) is 0 Å². The molecule has 0 saturated heterocycles. The second-order valence-electron chi connectivity index (χ2n) is 10.9. The van der Waals surface area contributed by atoms with Crippen LogP contribution in [0.1, 0.15) is 61.9 Å². The van der Waals surface area contributed by atoms with Crippen LogP contribution in [0.4, 0.5) is 5.69 Å². The Balaban J connectivity index is 1.36. The van der Waals surface area contributed by atoms with Gasteiger partial charge in [-0.1, -0.05) is 13.8 Å². The summed E-state index contributed by atoms with van der Waals surface area (Å²) in [5.41, 5.74) is 3.49. The molecule has 3 aliphatic rings. The highest BCUT2D eigenvalue weighted by Gasteiger charge is 2.50. The highest BCUT2D eigenvalue weighted by Crippen LogP contribution is 2.43. The topological polar surface area (TPSA) is 130 Å². The smallest absolute Gasteiger partial charge is 0.241 e. The summed E-state index contributed by atoms with van der Waals surface area (Å²) in [4.78, 5) is 34.0. The van der Waals surface area contributed by atoms with Crippen molar-refractivity contribution in [2.45, 2.75) is 68.5 Å². The Morgan fingerprint density at radius 1 is 1.03 bits per heavy atom. The molecule has 3 aromatic rings. The van der Waals surface area contributed by atoms with Crippen molar-refractivity contribution in [1.82, 2.24) is 20.0 Å². The monoisotopic (exact) mass is 533 g/mol. The predicted molar refractivity (Wildman–Crippen MR) is 143 cm³/mol. The molecule has 1 aromatic carbocycles. The van der Waals surface area contributed by atoms with Crippen molar-refractivity contribution in [2.75, 3.05) is 11.9 Å². The van der Waals surface area contributed by atoms with Gasteiger partial charge in [0.1, 0.15) is 12.1 Å². The minimum Gasteiger partial charge on any atom is -0.372 e. The van der Waals surface area contributed by atoms with Crippen molar-refractivity contribution >= 4 is 38.0 Å². The van der Waals surface area contributed by atoms with Crippen molar-refractivity contribution in [3.05, 3.63) is 59.7 Å². The molecule has 10 heteroatoms. The lowest BCUT2D eigenvalue weighted by Gasteiger charge is -2.36. The van der Waals surface area contributed by atoms with E-state index in [0.29, 0.717) is 30.0 Å². The van der Waals surface area contributed by atoms with E-state index in [-0.39, 0.29) is 16.9 Å². The number of sulfonamides is 1. The number of hydrogen-bond donors (Lipinski definition) is 3. The third-order valence-electron chi connectivity index (χ3n) is 7.68. The largest absolute Gasteiger partial charge is 0.372 e. The highest BCUT2D eigenvalue weighted by atomic mass is 32.2.